The van der Waals surface area contributed by atoms with Crippen LogP contribution in [0, 0.1) is 5.92 Å². The van der Waals surface area contributed by atoms with Crippen LogP contribution in [0.15, 0.2) is 5.38 Å². The predicted molar refractivity (Wildman–Crippen MR) is 60.2 cm³/mol. The van der Waals surface area contributed by atoms with E-state index in [-0.39, 0.29) is 29.1 Å². The molecule has 1 aromatic heterocycles. The molecule has 1 aliphatic rings. The predicted octanol–water partition coefficient (Wildman–Crippen LogP) is 0.296. The molecule has 6 nitrogen and oxygen atoms in total. The van der Waals surface area contributed by atoms with Crippen molar-refractivity contribution in [1.82, 2.24) is 9.88 Å². The van der Waals surface area contributed by atoms with Crippen molar-refractivity contribution in [2.75, 3.05) is 19.7 Å². The summed E-state index contributed by atoms with van der Waals surface area (Å²) in [6, 6.07) is 0. The smallest absolute Gasteiger partial charge is 0.355 e. The molecule has 7 heteroatoms. The van der Waals surface area contributed by atoms with Crippen LogP contribution in [0.4, 0.5) is 0 Å². The summed E-state index contributed by atoms with van der Waals surface area (Å²) in [5.41, 5.74) is -0.101. The summed E-state index contributed by atoms with van der Waals surface area (Å²) >= 11 is 1.04. The van der Waals surface area contributed by atoms with Crippen LogP contribution < -0.4 is 0 Å². The summed E-state index contributed by atoms with van der Waals surface area (Å²) in [5.74, 6) is -1.26. The van der Waals surface area contributed by atoms with Gasteiger partial charge >= 0.3 is 5.97 Å². The lowest BCUT2D eigenvalue weighted by Crippen LogP contribution is -2.29. The topological polar surface area (TPSA) is 90.7 Å². The van der Waals surface area contributed by atoms with Crippen LogP contribution in [0.3, 0.4) is 0 Å². The molecule has 2 rings (SSSR count). The second kappa shape index (κ2) is 4.80. The standard InChI is InChI=1S/C10H12N2O4S/c13-4-6-1-2-12(3-6)9(14)8-11-7(5-17-8)10(15)16/h5-6,13H,1-4H2,(H,15,16). The van der Waals surface area contributed by atoms with Crippen molar-refractivity contribution in [1.29, 1.82) is 0 Å². The van der Waals surface area contributed by atoms with Crippen molar-refractivity contribution in [2.24, 2.45) is 5.92 Å². The molecule has 0 radical (unpaired) electrons. The third-order valence-corrected chi connectivity index (χ3v) is 3.57. The van der Waals surface area contributed by atoms with Gasteiger partial charge in [-0.2, -0.15) is 0 Å². The number of nitrogens with zero attached hydrogens (tertiary/aromatic N) is 2. The van der Waals surface area contributed by atoms with Gasteiger partial charge in [-0.3, -0.25) is 4.79 Å². The quantitative estimate of drug-likeness (QED) is 0.811. The summed E-state index contributed by atoms with van der Waals surface area (Å²) in [6.45, 7) is 1.17. The highest BCUT2D eigenvalue weighted by Gasteiger charge is 2.28. The van der Waals surface area contributed by atoms with Gasteiger partial charge in [0.15, 0.2) is 10.7 Å². The van der Waals surface area contributed by atoms with Crippen LogP contribution in [0.25, 0.3) is 0 Å². The van der Waals surface area contributed by atoms with Crippen molar-refractivity contribution in [3.05, 3.63) is 16.1 Å². The maximum atomic E-state index is 11.9. The fraction of sp³-hybridized carbons (Fsp3) is 0.500. The number of carbonyl (C=O) groups is 2. The number of likely N-dealkylation sites (tertiary alicyclic amines) is 1. The highest BCUT2D eigenvalue weighted by molar-refractivity contribution is 7.11. The molecule has 0 spiro atoms. The molecule has 1 amide bonds. The number of thiazole rings is 1. The Morgan fingerprint density at radius 3 is 2.88 bits per heavy atom. The number of hydrogen-bond acceptors (Lipinski definition) is 5. The molecule has 1 aromatic rings. The van der Waals surface area contributed by atoms with Gasteiger partial charge in [0.05, 0.1) is 0 Å². The molecule has 1 aliphatic heterocycles. The number of aliphatic hydroxyl groups is 1. The fourth-order valence-corrected chi connectivity index (χ4v) is 2.53. The molecular formula is C10H12N2O4S. The van der Waals surface area contributed by atoms with Gasteiger partial charge in [-0.1, -0.05) is 0 Å². The summed E-state index contributed by atoms with van der Waals surface area (Å²) < 4.78 is 0. The van der Waals surface area contributed by atoms with Crippen molar-refractivity contribution in [3.8, 4) is 0 Å². The number of rotatable bonds is 3. The molecule has 0 aliphatic carbocycles. The number of aliphatic hydroxyl groups excluding tert-OH is 1. The van der Waals surface area contributed by atoms with E-state index in [9.17, 15) is 9.59 Å². The SMILES string of the molecule is O=C(O)c1csc(C(=O)N2CCC(CO)C2)n1. The van der Waals surface area contributed by atoms with Crippen molar-refractivity contribution in [3.63, 3.8) is 0 Å². The Bertz CT molecular complexity index is 445. The zero-order valence-electron chi connectivity index (χ0n) is 9.00. The average molecular weight is 256 g/mol. The minimum absolute atomic E-state index is 0.0715. The van der Waals surface area contributed by atoms with Crippen LogP contribution in [-0.4, -0.2) is 51.7 Å². The second-order valence-corrected chi connectivity index (χ2v) is 4.79. The minimum atomic E-state index is -1.13. The molecular weight excluding hydrogens is 244 g/mol. The highest BCUT2D eigenvalue weighted by atomic mass is 32.1. The van der Waals surface area contributed by atoms with Gasteiger partial charge in [-0.25, -0.2) is 9.78 Å². The molecule has 1 saturated heterocycles. The number of amides is 1. The van der Waals surface area contributed by atoms with E-state index >= 15 is 0 Å². The lowest BCUT2D eigenvalue weighted by molar-refractivity contribution is 0.0691. The Labute approximate surface area is 102 Å². The number of carboxylic acids is 1. The van der Waals surface area contributed by atoms with Gasteiger partial charge in [-0.05, 0) is 6.42 Å². The second-order valence-electron chi connectivity index (χ2n) is 3.93. The van der Waals surface area contributed by atoms with E-state index in [0.717, 1.165) is 17.8 Å². The Morgan fingerprint density at radius 1 is 1.59 bits per heavy atom. The molecule has 92 valence electrons. The molecule has 0 bridgehead atoms. The monoisotopic (exact) mass is 256 g/mol. The number of carbonyl (C=O) groups excluding carboxylic acids is 1. The first kappa shape index (κ1) is 12.0. The highest BCUT2D eigenvalue weighted by Crippen LogP contribution is 2.20. The van der Waals surface area contributed by atoms with Crippen molar-refractivity contribution in [2.45, 2.75) is 6.42 Å². The van der Waals surface area contributed by atoms with Crippen LogP contribution in [0.5, 0.6) is 0 Å². The van der Waals surface area contributed by atoms with Gasteiger partial charge < -0.3 is 15.1 Å². The number of hydrogen-bond donors (Lipinski definition) is 2. The first-order valence-electron chi connectivity index (χ1n) is 5.20. The zero-order chi connectivity index (χ0) is 12.4. The van der Waals surface area contributed by atoms with Crippen molar-refractivity contribution < 1.29 is 19.8 Å². The van der Waals surface area contributed by atoms with E-state index < -0.39 is 5.97 Å². The van der Waals surface area contributed by atoms with E-state index in [0.29, 0.717) is 13.1 Å². The third-order valence-electron chi connectivity index (χ3n) is 2.74. The molecule has 2 N–H and O–H groups in total. The van der Waals surface area contributed by atoms with Crippen LogP contribution >= 0.6 is 11.3 Å². The number of carboxylic acid groups (broad SMARTS) is 1. The van der Waals surface area contributed by atoms with Gasteiger partial charge in [0.25, 0.3) is 5.91 Å². The largest absolute Gasteiger partial charge is 0.476 e. The van der Waals surface area contributed by atoms with Gasteiger partial charge in [0.2, 0.25) is 0 Å². The number of aromatic nitrogens is 1. The zero-order valence-corrected chi connectivity index (χ0v) is 9.81. The molecule has 0 aromatic carbocycles. The van der Waals surface area contributed by atoms with Crippen LogP contribution in [0.1, 0.15) is 26.7 Å². The first-order chi connectivity index (χ1) is 8.11. The van der Waals surface area contributed by atoms with E-state index in [2.05, 4.69) is 4.98 Å². The molecule has 0 saturated carbocycles. The van der Waals surface area contributed by atoms with E-state index in [1.165, 1.54) is 5.38 Å². The lowest BCUT2D eigenvalue weighted by atomic mass is 10.1. The summed E-state index contributed by atoms with van der Waals surface area (Å²) in [4.78, 5) is 28.0. The normalized spacial score (nSPS) is 19.6. The van der Waals surface area contributed by atoms with Gasteiger partial charge in [0.1, 0.15) is 0 Å². The molecule has 1 unspecified atom stereocenters. The average Bonchev–Trinajstić information content (AvgIpc) is 2.97. The summed E-state index contributed by atoms with van der Waals surface area (Å²) in [6.07, 6.45) is 0.777. The lowest BCUT2D eigenvalue weighted by Gasteiger charge is -2.13. The molecule has 1 fully saturated rings. The number of aromatic carboxylic acids is 1. The van der Waals surface area contributed by atoms with E-state index in [4.69, 9.17) is 10.2 Å². The molecule has 2 heterocycles. The first-order valence-corrected chi connectivity index (χ1v) is 6.08. The Hall–Kier alpha value is -1.47. The van der Waals surface area contributed by atoms with Crippen molar-refractivity contribution >= 4 is 23.2 Å². The Balaban J connectivity index is 2.07. The van der Waals surface area contributed by atoms with Gasteiger partial charge in [0, 0.05) is 31.0 Å². The van der Waals surface area contributed by atoms with Crippen LogP contribution in [-0.2, 0) is 0 Å². The third kappa shape index (κ3) is 2.45. The minimum Gasteiger partial charge on any atom is -0.476 e. The maximum absolute atomic E-state index is 11.9. The fourth-order valence-electron chi connectivity index (χ4n) is 1.77. The van der Waals surface area contributed by atoms with E-state index in [1.807, 2.05) is 0 Å². The van der Waals surface area contributed by atoms with Gasteiger partial charge in [-0.15, -0.1) is 11.3 Å². The molecule has 1 atom stereocenters. The summed E-state index contributed by atoms with van der Waals surface area (Å²) in [7, 11) is 0. The Kier molecular flexibility index (Phi) is 3.39. The summed E-state index contributed by atoms with van der Waals surface area (Å²) in [5, 5.41) is 19.2. The van der Waals surface area contributed by atoms with Crippen LogP contribution in [0.2, 0.25) is 0 Å². The van der Waals surface area contributed by atoms with E-state index in [1.54, 1.807) is 4.90 Å². The Morgan fingerprint density at radius 2 is 2.35 bits per heavy atom. The molecule has 17 heavy (non-hydrogen) atoms. The maximum Gasteiger partial charge on any atom is 0.355 e.